The molecule has 3 aromatic rings. The summed E-state index contributed by atoms with van der Waals surface area (Å²) in [6.07, 6.45) is 4.37. The van der Waals surface area contributed by atoms with E-state index in [1.54, 1.807) is 0 Å². The molecule has 2 aromatic heterocycles. The maximum atomic E-state index is 15.7. The molecule has 0 bridgehead atoms. The van der Waals surface area contributed by atoms with Gasteiger partial charge in [-0.2, -0.15) is 0 Å². The van der Waals surface area contributed by atoms with Crippen LogP contribution in [-0.4, -0.2) is 70.0 Å². The maximum Gasteiger partial charge on any atom is 0.306 e. The van der Waals surface area contributed by atoms with Gasteiger partial charge in [0.05, 0.1) is 30.2 Å². The van der Waals surface area contributed by atoms with Crippen molar-refractivity contribution >= 4 is 22.6 Å². The number of carbonyl (C=O) groups is 1. The monoisotopic (exact) mass is 564 g/mol. The topological polar surface area (TPSA) is 112 Å². The number of ether oxygens (including phenoxy) is 4. The summed E-state index contributed by atoms with van der Waals surface area (Å²) in [7, 11) is 0. The molecule has 9 nitrogen and oxygen atoms in total. The van der Waals surface area contributed by atoms with Gasteiger partial charge in [0.15, 0.2) is 17.8 Å². The molecular weight excluding hydrogens is 531 g/mol. The average Bonchev–Trinajstić information content (AvgIpc) is 3.68. The Bertz CT molecular complexity index is 1480. The van der Waals surface area contributed by atoms with Crippen LogP contribution in [0, 0.1) is 11.7 Å². The first kappa shape index (κ1) is 26.6. The van der Waals surface area contributed by atoms with E-state index in [9.17, 15) is 15.0 Å². The SMILES string of the molecule is O=C(O)C1CC=C(c2ccc(-c3nc4cc(O[C@@H]5CO[C@H]6[C@@H]5OC[C@H]6O)n(C5CCCCO5)c4cc3F)cc2)CC1. The summed E-state index contributed by atoms with van der Waals surface area (Å²) in [5, 5.41) is 19.4. The van der Waals surface area contributed by atoms with Crippen molar-refractivity contribution in [3.05, 3.63) is 53.9 Å². The van der Waals surface area contributed by atoms with Crippen LogP contribution < -0.4 is 4.74 Å². The number of allylic oxidation sites excluding steroid dienone is 2. The number of aromatic nitrogens is 2. The fraction of sp³-hybridized carbons (Fsp3) is 0.484. The quantitative estimate of drug-likeness (QED) is 0.443. The summed E-state index contributed by atoms with van der Waals surface area (Å²) in [6.45, 7) is 1.11. The second kappa shape index (κ2) is 10.8. The number of benzene rings is 1. The summed E-state index contributed by atoms with van der Waals surface area (Å²) in [5.74, 6) is -1.02. The third kappa shape index (κ3) is 4.92. The van der Waals surface area contributed by atoms with E-state index < -0.39 is 30.1 Å². The molecule has 5 heterocycles. The smallest absolute Gasteiger partial charge is 0.306 e. The van der Waals surface area contributed by atoms with Crippen LogP contribution in [0.4, 0.5) is 4.39 Å². The zero-order chi connectivity index (χ0) is 28.1. The van der Waals surface area contributed by atoms with Gasteiger partial charge in [0.25, 0.3) is 0 Å². The van der Waals surface area contributed by atoms with Crippen molar-refractivity contribution in [2.24, 2.45) is 5.92 Å². The number of nitrogens with zero attached hydrogens (tertiary/aromatic N) is 2. The van der Waals surface area contributed by atoms with Crippen molar-refractivity contribution in [3.63, 3.8) is 0 Å². The highest BCUT2D eigenvalue weighted by Crippen LogP contribution is 2.38. The van der Waals surface area contributed by atoms with Crippen LogP contribution in [0.5, 0.6) is 5.88 Å². The Kier molecular flexibility index (Phi) is 7.02. The third-order valence-corrected chi connectivity index (χ3v) is 8.73. The number of carboxylic acid groups (broad SMARTS) is 1. The molecule has 1 aromatic carbocycles. The molecule has 2 N–H and O–H groups in total. The Morgan fingerprint density at radius 2 is 1.83 bits per heavy atom. The molecule has 4 aliphatic rings. The van der Waals surface area contributed by atoms with E-state index in [-0.39, 0.29) is 37.2 Å². The van der Waals surface area contributed by atoms with Gasteiger partial charge in [-0.25, -0.2) is 9.37 Å². The predicted octanol–water partition coefficient (Wildman–Crippen LogP) is 4.72. The van der Waals surface area contributed by atoms with Gasteiger partial charge < -0.3 is 29.2 Å². The second-order valence-electron chi connectivity index (χ2n) is 11.3. The molecule has 3 fully saturated rings. The van der Waals surface area contributed by atoms with Crippen LogP contribution in [0.25, 0.3) is 27.9 Å². The van der Waals surface area contributed by atoms with Crippen LogP contribution in [0.15, 0.2) is 42.5 Å². The first-order valence-corrected chi connectivity index (χ1v) is 14.4. The van der Waals surface area contributed by atoms with Crippen molar-refractivity contribution in [2.45, 2.75) is 69.2 Å². The van der Waals surface area contributed by atoms with E-state index >= 15 is 4.39 Å². The minimum Gasteiger partial charge on any atom is -0.481 e. The molecule has 41 heavy (non-hydrogen) atoms. The number of rotatable bonds is 6. The Labute approximate surface area is 236 Å². The van der Waals surface area contributed by atoms with Crippen LogP contribution in [0.2, 0.25) is 0 Å². The van der Waals surface area contributed by atoms with Gasteiger partial charge in [-0.15, -0.1) is 0 Å². The largest absolute Gasteiger partial charge is 0.481 e. The Hall–Kier alpha value is -3.31. The lowest BCUT2D eigenvalue weighted by atomic mass is 9.86. The van der Waals surface area contributed by atoms with Crippen LogP contribution >= 0.6 is 0 Å². The highest BCUT2D eigenvalue weighted by molar-refractivity contribution is 5.82. The van der Waals surface area contributed by atoms with Crippen molar-refractivity contribution in [1.29, 1.82) is 0 Å². The number of aliphatic hydroxyl groups is 1. The molecule has 10 heteroatoms. The number of aliphatic carboxylic acids is 1. The molecular formula is C31H33FN2O7. The van der Waals surface area contributed by atoms with Gasteiger partial charge >= 0.3 is 5.97 Å². The van der Waals surface area contributed by atoms with Gasteiger partial charge in [-0.1, -0.05) is 30.3 Å². The summed E-state index contributed by atoms with van der Waals surface area (Å²) < 4.78 is 41.5. The van der Waals surface area contributed by atoms with Crippen molar-refractivity contribution in [2.75, 3.05) is 19.8 Å². The minimum atomic E-state index is -0.753. The summed E-state index contributed by atoms with van der Waals surface area (Å²) >= 11 is 0. The third-order valence-electron chi connectivity index (χ3n) is 8.73. The molecule has 0 radical (unpaired) electrons. The zero-order valence-corrected chi connectivity index (χ0v) is 22.6. The number of fused-ring (bicyclic) bond motifs is 2. The van der Waals surface area contributed by atoms with Gasteiger partial charge in [0.1, 0.15) is 30.2 Å². The van der Waals surface area contributed by atoms with Crippen molar-refractivity contribution in [1.82, 2.24) is 9.55 Å². The molecule has 2 unspecified atom stereocenters. The zero-order valence-electron chi connectivity index (χ0n) is 22.6. The lowest BCUT2D eigenvalue weighted by Crippen LogP contribution is -2.35. The number of carboxylic acids is 1. The van der Waals surface area contributed by atoms with Crippen LogP contribution in [0.3, 0.4) is 0 Å². The molecule has 0 saturated carbocycles. The van der Waals surface area contributed by atoms with E-state index in [4.69, 9.17) is 23.9 Å². The van der Waals surface area contributed by atoms with Crippen molar-refractivity contribution < 1.29 is 38.3 Å². The van der Waals surface area contributed by atoms with E-state index in [0.717, 1.165) is 30.4 Å². The first-order valence-electron chi connectivity index (χ1n) is 14.4. The summed E-state index contributed by atoms with van der Waals surface area (Å²) in [6, 6.07) is 10.9. The molecule has 6 atom stereocenters. The maximum absolute atomic E-state index is 15.7. The molecule has 7 rings (SSSR count). The number of halogens is 1. The predicted molar refractivity (Wildman–Crippen MR) is 147 cm³/mol. The number of hydrogen-bond donors (Lipinski definition) is 2. The molecule has 216 valence electrons. The molecule has 0 amide bonds. The molecule has 3 saturated heterocycles. The minimum absolute atomic E-state index is 0.207. The summed E-state index contributed by atoms with van der Waals surface area (Å²) in [5.41, 5.74) is 4.19. The van der Waals surface area contributed by atoms with Gasteiger partial charge in [0.2, 0.25) is 0 Å². The average molecular weight is 565 g/mol. The van der Waals surface area contributed by atoms with Gasteiger partial charge in [-0.3, -0.25) is 9.36 Å². The van der Waals surface area contributed by atoms with E-state index in [0.29, 0.717) is 48.3 Å². The van der Waals surface area contributed by atoms with Crippen LogP contribution in [-0.2, 0) is 19.0 Å². The number of pyridine rings is 1. The highest BCUT2D eigenvalue weighted by atomic mass is 19.1. The fourth-order valence-electron chi connectivity index (χ4n) is 6.48. The molecule has 3 aliphatic heterocycles. The van der Waals surface area contributed by atoms with Gasteiger partial charge in [0, 0.05) is 24.3 Å². The molecule has 0 spiro atoms. The second-order valence-corrected chi connectivity index (χ2v) is 11.3. The highest BCUT2D eigenvalue weighted by Gasteiger charge is 2.48. The number of aliphatic hydroxyl groups excluding tert-OH is 1. The Morgan fingerprint density at radius 1 is 1.02 bits per heavy atom. The van der Waals surface area contributed by atoms with E-state index in [2.05, 4.69) is 0 Å². The Morgan fingerprint density at radius 3 is 2.56 bits per heavy atom. The Balaban J connectivity index is 1.20. The lowest BCUT2D eigenvalue weighted by molar-refractivity contribution is -0.141. The fourth-order valence-corrected chi connectivity index (χ4v) is 6.48. The standard InChI is InChI=1S/C31H33FN2O7/c32-21-13-23-22(33-28(21)19-8-4-17(5-9-19)18-6-10-20(11-7-18)31(36)37)14-27(34(23)26-3-1-2-12-38-26)41-25-16-40-29-24(35)15-39-30(25)29/h4-6,8-9,13-14,20,24-26,29-30,35H,1-3,7,10-12,15-16H2,(H,36,37)/t20?,24-,25-,26?,29-,30-/m1/s1. The number of hydrogen-bond acceptors (Lipinski definition) is 7. The van der Waals surface area contributed by atoms with Crippen molar-refractivity contribution in [3.8, 4) is 17.1 Å². The lowest BCUT2D eigenvalue weighted by Gasteiger charge is -2.27. The van der Waals surface area contributed by atoms with E-state index in [1.165, 1.54) is 6.07 Å². The van der Waals surface area contributed by atoms with E-state index in [1.807, 2.05) is 41.0 Å². The van der Waals surface area contributed by atoms with Gasteiger partial charge in [-0.05, 0) is 49.7 Å². The summed E-state index contributed by atoms with van der Waals surface area (Å²) in [4.78, 5) is 16.0. The van der Waals surface area contributed by atoms with Crippen LogP contribution in [0.1, 0.15) is 50.3 Å². The normalized spacial score (nSPS) is 29.9. The molecule has 1 aliphatic carbocycles. The first-order chi connectivity index (χ1) is 20.0.